The summed E-state index contributed by atoms with van der Waals surface area (Å²) >= 11 is 0. The van der Waals surface area contributed by atoms with Crippen LogP contribution < -0.4 is 5.32 Å². The van der Waals surface area contributed by atoms with Gasteiger partial charge >= 0.3 is 0 Å². The van der Waals surface area contributed by atoms with E-state index in [-0.39, 0.29) is 17.2 Å². The van der Waals surface area contributed by atoms with Gasteiger partial charge in [0.05, 0.1) is 0 Å². The van der Waals surface area contributed by atoms with Crippen molar-refractivity contribution in [2.24, 2.45) is 11.3 Å². The molecule has 17 heavy (non-hydrogen) atoms. The topological polar surface area (TPSA) is 32.3 Å². The molecule has 0 saturated heterocycles. The maximum atomic E-state index is 11.9. The second-order valence-electron chi connectivity index (χ2n) is 6.07. The van der Waals surface area contributed by atoms with E-state index in [1.807, 2.05) is 21.0 Å². The Bertz CT molecular complexity index is 224. The van der Waals surface area contributed by atoms with Gasteiger partial charge in [-0.2, -0.15) is 0 Å². The van der Waals surface area contributed by atoms with Crippen LogP contribution in [0, 0.1) is 11.3 Å². The number of hydrogen-bond donors (Lipinski definition) is 1. The smallest absolute Gasteiger partial charge is 0.222 e. The summed E-state index contributed by atoms with van der Waals surface area (Å²) in [4.78, 5) is 14.0. The molecule has 1 atom stereocenters. The minimum Gasteiger partial charge on any atom is -0.356 e. The first kappa shape index (κ1) is 16.4. The summed E-state index contributed by atoms with van der Waals surface area (Å²) in [6.45, 7) is 10.5. The summed E-state index contributed by atoms with van der Waals surface area (Å²) in [5.41, 5.74) is 0.264. The van der Waals surface area contributed by atoms with Gasteiger partial charge in [0.15, 0.2) is 0 Å². The van der Waals surface area contributed by atoms with E-state index in [0.717, 1.165) is 32.4 Å². The fourth-order valence-electron chi connectivity index (χ4n) is 1.85. The Morgan fingerprint density at radius 3 is 2.41 bits per heavy atom. The zero-order valence-corrected chi connectivity index (χ0v) is 12.5. The second kappa shape index (κ2) is 7.70. The maximum absolute atomic E-state index is 11.9. The first-order valence-electron chi connectivity index (χ1n) is 6.71. The van der Waals surface area contributed by atoms with E-state index in [4.69, 9.17) is 0 Å². The highest BCUT2D eigenvalue weighted by Crippen LogP contribution is 2.28. The van der Waals surface area contributed by atoms with E-state index in [9.17, 15) is 4.79 Å². The number of nitrogens with zero attached hydrogens (tertiary/aromatic N) is 1. The van der Waals surface area contributed by atoms with Crippen molar-refractivity contribution in [3.8, 4) is 0 Å². The first-order valence-corrected chi connectivity index (χ1v) is 6.71. The van der Waals surface area contributed by atoms with E-state index in [0.29, 0.717) is 0 Å². The molecule has 0 heterocycles. The Hall–Kier alpha value is -0.570. The summed E-state index contributed by atoms with van der Waals surface area (Å²) in [7, 11) is 4.10. The van der Waals surface area contributed by atoms with Gasteiger partial charge < -0.3 is 10.2 Å². The molecule has 0 spiro atoms. The molecule has 0 saturated carbocycles. The number of hydrogen-bond acceptors (Lipinski definition) is 2. The lowest BCUT2D eigenvalue weighted by atomic mass is 9.81. The summed E-state index contributed by atoms with van der Waals surface area (Å²) in [5.74, 6) is 0.314. The standard InChI is InChI=1S/C14H30N2O/c1-7-14(3,4)11-12(2)13(17)15-9-8-10-16(5)6/h12H,7-11H2,1-6H3,(H,15,17). The number of rotatable bonds is 8. The van der Waals surface area contributed by atoms with Crippen LogP contribution in [0.3, 0.4) is 0 Å². The van der Waals surface area contributed by atoms with Gasteiger partial charge in [-0.25, -0.2) is 0 Å². The number of carbonyl (C=O) groups is 1. The molecule has 0 aromatic rings. The molecular weight excluding hydrogens is 212 g/mol. The summed E-state index contributed by atoms with van der Waals surface area (Å²) in [6, 6.07) is 0. The van der Waals surface area contributed by atoms with Crippen molar-refractivity contribution >= 4 is 5.91 Å². The fraction of sp³-hybridized carbons (Fsp3) is 0.929. The molecule has 0 radical (unpaired) electrons. The van der Waals surface area contributed by atoms with Crippen LogP contribution in [0.15, 0.2) is 0 Å². The van der Waals surface area contributed by atoms with Gasteiger partial charge in [0, 0.05) is 12.5 Å². The van der Waals surface area contributed by atoms with Crippen LogP contribution in [0.4, 0.5) is 0 Å². The molecule has 0 aromatic heterocycles. The van der Waals surface area contributed by atoms with Gasteiger partial charge in [-0.05, 0) is 38.9 Å². The average molecular weight is 242 g/mol. The van der Waals surface area contributed by atoms with Gasteiger partial charge in [-0.15, -0.1) is 0 Å². The van der Waals surface area contributed by atoms with Crippen molar-refractivity contribution in [3.63, 3.8) is 0 Å². The summed E-state index contributed by atoms with van der Waals surface area (Å²) in [6.07, 6.45) is 3.09. The molecule has 0 aliphatic carbocycles. The molecule has 1 unspecified atom stereocenters. The third-order valence-electron chi connectivity index (χ3n) is 3.34. The Balaban J connectivity index is 3.83. The lowest BCUT2D eigenvalue weighted by Gasteiger charge is -2.26. The highest BCUT2D eigenvalue weighted by molar-refractivity contribution is 5.78. The van der Waals surface area contributed by atoms with Gasteiger partial charge in [0.25, 0.3) is 0 Å². The molecule has 102 valence electrons. The Morgan fingerprint density at radius 1 is 1.35 bits per heavy atom. The van der Waals surface area contributed by atoms with Gasteiger partial charge in [0.2, 0.25) is 5.91 Å². The van der Waals surface area contributed by atoms with Crippen molar-refractivity contribution in [2.75, 3.05) is 27.2 Å². The molecule has 3 nitrogen and oxygen atoms in total. The van der Waals surface area contributed by atoms with E-state index in [1.165, 1.54) is 0 Å². The third kappa shape index (κ3) is 8.19. The third-order valence-corrected chi connectivity index (χ3v) is 3.34. The van der Waals surface area contributed by atoms with Crippen LogP contribution in [0.25, 0.3) is 0 Å². The summed E-state index contributed by atoms with van der Waals surface area (Å²) in [5, 5.41) is 3.02. The van der Waals surface area contributed by atoms with Gasteiger partial charge in [-0.3, -0.25) is 4.79 Å². The Morgan fingerprint density at radius 2 is 1.94 bits per heavy atom. The number of nitrogens with one attached hydrogen (secondary N) is 1. The van der Waals surface area contributed by atoms with Crippen molar-refractivity contribution in [3.05, 3.63) is 0 Å². The molecule has 0 aliphatic rings. The van der Waals surface area contributed by atoms with Crippen LogP contribution in [-0.2, 0) is 4.79 Å². The van der Waals surface area contributed by atoms with Crippen molar-refractivity contribution < 1.29 is 4.79 Å². The van der Waals surface area contributed by atoms with Crippen LogP contribution in [-0.4, -0.2) is 38.0 Å². The van der Waals surface area contributed by atoms with E-state index in [1.54, 1.807) is 0 Å². The summed E-state index contributed by atoms with van der Waals surface area (Å²) < 4.78 is 0. The van der Waals surface area contributed by atoms with Crippen LogP contribution >= 0.6 is 0 Å². The van der Waals surface area contributed by atoms with Crippen LogP contribution in [0.1, 0.15) is 47.0 Å². The molecule has 3 heteroatoms. The maximum Gasteiger partial charge on any atom is 0.222 e. The molecular formula is C14H30N2O. The zero-order chi connectivity index (χ0) is 13.5. The quantitative estimate of drug-likeness (QED) is 0.663. The molecule has 0 aromatic carbocycles. The highest BCUT2D eigenvalue weighted by Gasteiger charge is 2.22. The SMILES string of the molecule is CCC(C)(C)CC(C)C(=O)NCCCN(C)C. The molecule has 0 rings (SSSR count). The molecule has 0 fully saturated rings. The van der Waals surface area contributed by atoms with Crippen LogP contribution in [0.5, 0.6) is 0 Å². The minimum absolute atomic E-state index is 0.115. The number of amides is 1. The van der Waals surface area contributed by atoms with E-state index >= 15 is 0 Å². The molecule has 1 N–H and O–H groups in total. The molecule has 0 bridgehead atoms. The zero-order valence-electron chi connectivity index (χ0n) is 12.5. The van der Waals surface area contributed by atoms with Gasteiger partial charge in [0.1, 0.15) is 0 Å². The monoisotopic (exact) mass is 242 g/mol. The van der Waals surface area contributed by atoms with E-state index in [2.05, 4.69) is 31.0 Å². The van der Waals surface area contributed by atoms with E-state index < -0.39 is 0 Å². The molecule has 1 amide bonds. The first-order chi connectivity index (χ1) is 7.78. The largest absolute Gasteiger partial charge is 0.356 e. The Labute approximate surface area is 107 Å². The fourth-order valence-corrected chi connectivity index (χ4v) is 1.85. The van der Waals surface area contributed by atoms with Crippen molar-refractivity contribution in [2.45, 2.75) is 47.0 Å². The van der Waals surface area contributed by atoms with Crippen molar-refractivity contribution in [1.29, 1.82) is 0 Å². The molecule has 0 aliphatic heterocycles. The highest BCUT2D eigenvalue weighted by atomic mass is 16.1. The lowest BCUT2D eigenvalue weighted by Crippen LogP contribution is -2.33. The number of carbonyl (C=O) groups excluding carboxylic acids is 1. The van der Waals surface area contributed by atoms with Gasteiger partial charge in [-0.1, -0.05) is 34.1 Å². The van der Waals surface area contributed by atoms with Crippen LogP contribution in [0.2, 0.25) is 0 Å². The normalized spacial score (nSPS) is 13.8. The predicted octanol–water partition coefficient (Wildman–Crippen LogP) is 2.52. The Kier molecular flexibility index (Phi) is 7.44. The second-order valence-corrected chi connectivity index (χ2v) is 6.07. The lowest BCUT2D eigenvalue weighted by molar-refractivity contribution is -0.125. The van der Waals surface area contributed by atoms with Crippen molar-refractivity contribution in [1.82, 2.24) is 10.2 Å². The minimum atomic E-state index is 0.115. The average Bonchev–Trinajstić information content (AvgIpc) is 2.23. The predicted molar refractivity (Wildman–Crippen MR) is 74.0 cm³/mol.